The fourth-order valence-corrected chi connectivity index (χ4v) is 5.16. The summed E-state index contributed by atoms with van der Waals surface area (Å²) >= 11 is 0. The van der Waals surface area contributed by atoms with Crippen molar-refractivity contribution < 1.29 is 37.9 Å². The van der Waals surface area contributed by atoms with Gasteiger partial charge < -0.3 is 19.3 Å². The zero-order chi connectivity index (χ0) is 36.8. The van der Waals surface area contributed by atoms with E-state index in [0.717, 1.165) is 70.6 Å². The first-order valence-electron chi connectivity index (χ1n) is 19.2. The summed E-state index contributed by atoms with van der Waals surface area (Å²) in [6, 6.07) is 0. The molecule has 0 aliphatic heterocycles. The van der Waals surface area contributed by atoms with Crippen molar-refractivity contribution in [3.8, 4) is 0 Å². The first-order valence-corrected chi connectivity index (χ1v) is 20.8. The Morgan fingerprint density at radius 1 is 0.520 bits per heavy atom. The van der Waals surface area contributed by atoms with Crippen molar-refractivity contribution in [3.05, 3.63) is 72.9 Å². The van der Waals surface area contributed by atoms with Crippen molar-refractivity contribution in [1.29, 1.82) is 0 Å². The molecule has 50 heavy (non-hydrogen) atoms. The van der Waals surface area contributed by atoms with Crippen molar-refractivity contribution in [3.63, 3.8) is 0 Å². The summed E-state index contributed by atoms with van der Waals surface area (Å²) in [6.45, 7) is 3.53. The van der Waals surface area contributed by atoms with Crippen LogP contribution in [0.25, 0.3) is 0 Å². The number of hydrogen-bond donors (Lipinski definition) is 2. The Morgan fingerprint density at radius 2 is 0.940 bits per heavy atom. The Bertz CT molecular complexity index is 1040. The Balaban J connectivity index is 4.10. The van der Waals surface area contributed by atoms with E-state index < -0.39 is 32.5 Å². The molecule has 0 fully saturated rings. The topological polar surface area (TPSA) is 119 Å². The second-order valence-electron chi connectivity index (χ2n) is 12.5. The van der Waals surface area contributed by atoms with Gasteiger partial charge >= 0.3 is 19.8 Å². The normalized spacial score (nSPS) is 13.3. The zero-order valence-electron chi connectivity index (χ0n) is 31.3. The van der Waals surface area contributed by atoms with Gasteiger partial charge in [-0.3, -0.25) is 14.1 Å². The van der Waals surface area contributed by atoms with Gasteiger partial charge in [0.2, 0.25) is 0 Å². The van der Waals surface area contributed by atoms with Crippen molar-refractivity contribution in [1.82, 2.24) is 0 Å². The highest BCUT2D eigenvalue weighted by molar-refractivity contribution is 7.46. The maximum absolute atomic E-state index is 12.3. The Hall–Kier alpha value is -2.51. The van der Waals surface area contributed by atoms with Crippen LogP contribution in [0.3, 0.4) is 0 Å². The third-order valence-electron chi connectivity index (χ3n) is 7.68. The number of ether oxygens (including phenoxy) is 2. The molecule has 0 aromatic carbocycles. The van der Waals surface area contributed by atoms with Crippen LogP contribution in [-0.2, 0) is 28.2 Å². The van der Waals surface area contributed by atoms with Gasteiger partial charge in [0.25, 0.3) is 0 Å². The van der Waals surface area contributed by atoms with Gasteiger partial charge in [-0.2, -0.15) is 0 Å². The minimum Gasteiger partial charge on any atom is -0.462 e. The summed E-state index contributed by atoms with van der Waals surface area (Å²) in [6.07, 6.45) is 46.2. The van der Waals surface area contributed by atoms with Gasteiger partial charge in [0, 0.05) is 12.8 Å². The number of carbonyl (C=O) groups excluding carboxylic acids is 2. The number of carbonyl (C=O) groups is 2. The lowest BCUT2D eigenvalue weighted by Crippen LogP contribution is -2.29. The molecule has 0 saturated heterocycles. The van der Waals surface area contributed by atoms with Crippen LogP contribution in [-0.4, -0.2) is 41.0 Å². The van der Waals surface area contributed by atoms with Gasteiger partial charge in [0.1, 0.15) is 6.61 Å². The molecule has 286 valence electrons. The lowest BCUT2D eigenvalue weighted by molar-refractivity contribution is -0.161. The van der Waals surface area contributed by atoms with E-state index in [2.05, 4.69) is 91.3 Å². The summed E-state index contributed by atoms with van der Waals surface area (Å²) in [7, 11) is -4.77. The number of hydrogen-bond acceptors (Lipinski definition) is 6. The number of rotatable bonds is 34. The first kappa shape index (κ1) is 47.5. The molecule has 8 nitrogen and oxygen atoms in total. The van der Waals surface area contributed by atoms with E-state index in [4.69, 9.17) is 19.3 Å². The van der Waals surface area contributed by atoms with E-state index in [1.807, 2.05) is 0 Å². The van der Waals surface area contributed by atoms with Crippen LogP contribution in [0.1, 0.15) is 155 Å². The molecule has 0 heterocycles. The van der Waals surface area contributed by atoms with Crippen molar-refractivity contribution in [2.45, 2.75) is 161 Å². The maximum Gasteiger partial charge on any atom is 0.469 e. The van der Waals surface area contributed by atoms with E-state index in [1.54, 1.807) is 0 Å². The van der Waals surface area contributed by atoms with Crippen LogP contribution in [0.5, 0.6) is 0 Å². The minimum absolute atomic E-state index is 0.158. The minimum atomic E-state index is -4.77. The van der Waals surface area contributed by atoms with Gasteiger partial charge in [-0.05, 0) is 83.5 Å². The van der Waals surface area contributed by atoms with Crippen molar-refractivity contribution >= 4 is 19.8 Å². The smallest absolute Gasteiger partial charge is 0.462 e. The van der Waals surface area contributed by atoms with Crippen LogP contribution >= 0.6 is 7.82 Å². The van der Waals surface area contributed by atoms with Gasteiger partial charge in [-0.25, -0.2) is 4.57 Å². The number of unbranched alkanes of at least 4 members (excludes halogenated alkanes) is 12. The summed E-state index contributed by atoms with van der Waals surface area (Å²) in [5.74, 6) is -0.967. The van der Waals surface area contributed by atoms with Gasteiger partial charge in [0.15, 0.2) is 6.10 Å². The zero-order valence-corrected chi connectivity index (χ0v) is 32.2. The SMILES string of the molecule is CCC/C=C/C/C=C/C/C=C/C/C=C/CCCCCC(=O)OC[C@H](COP(=O)(O)O)OC(=O)CCCC/C=C/C/C=C/CCCCCCCC. The Morgan fingerprint density at radius 3 is 1.46 bits per heavy atom. The van der Waals surface area contributed by atoms with Gasteiger partial charge in [0.05, 0.1) is 6.61 Å². The molecule has 0 rings (SSSR count). The molecule has 0 unspecified atom stereocenters. The van der Waals surface area contributed by atoms with Gasteiger partial charge in [-0.15, -0.1) is 0 Å². The molecule has 1 atom stereocenters. The van der Waals surface area contributed by atoms with Crippen molar-refractivity contribution in [2.75, 3.05) is 13.2 Å². The van der Waals surface area contributed by atoms with Crippen LogP contribution in [0.15, 0.2) is 72.9 Å². The highest BCUT2D eigenvalue weighted by Gasteiger charge is 2.22. The monoisotopic (exact) mass is 720 g/mol. The molecule has 2 N–H and O–H groups in total. The highest BCUT2D eigenvalue weighted by Crippen LogP contribution is 2.35. The van der Waals surface area contributed by atoms with Crippen LogP contribution < -0.4 is 0 Å². The first-order chi connectivity index (χ1) is 24.3. The summed E-state index contributed by atoms with van der Waals surface area (Å²) in [4.78, 5) is 42.7. The molecule has 0 spiro atoms. The van der Waals surface area contributed by atoms with E-state index in [0.29, 0.717) is 12.8 Å². The fraction of sp³-hybridized carbons (Fsp3) is 0.659. The van der Waals surface area contributed by atoms with Crippen LogP contribution in [0.4, 0.5) is 0 Å². The largest absolute Gasteiger partial charge is 0.469 e. The molecule has 0 radical (unpaired) electrons. The highest BCUT2D eigenvalue weighted by atomic mass is 31.2. The van der Waals surface area contributed by atoms with E-state index in [-0.39, 0.29) is 19.4 Å². The second-order valence-corrected chi connectivity index (χ2v) is 13.8. The Kier molecular flexibility index (Phi) is 34.5. The molecule has 0 amide bonds. The molecular weight excluding hydrogens is 651 g/mol. The molecule has 0 aliphatic carbocycles. The predicted octanol–water partition coefficient (Wildman–Crippen LogP) is 11.5. The standard InChI is InChI=1S/C41H69O8P/c1-3-5-7-9-11-13-15-17-19-20-22-23-25-27-29-31-33-35-40(42)47-37-39(38-48-50(44,45)46)49-41(43)36-34-32-30-28-26-24-21-18-16-14-12-10-8-6-4-2/h7,9,13,15,18-21,23,25-26,28,39H,3-6,8,10-12,14,16-17,22,24,27,29-38H2,1-2H3,(H2,44,45,46)/b9-7+,15-13+,20-19+,21-18+,25-23+,28-26+/t39-/m1/s1. The molecule has 0 bridgehead atoms. The molecule has 0 aliphatic rings. The maximum atomic E-state index is 12.3. The molecular formula is C41H69O8P. The van der Waals surface area contributed by atoms with Crippen LogP contribution in [0, 0.1) is 0 Å². The predicted molar refractivity (Wildman–Crippen MR) is 207 cm³/mol. The Labute approximate surface area is 304 Å². The summed E-state index contributed by atoms with van der Waals surface area (Å²) < 4.78 is 26.3. The quantitative estimate of drug-likeness (QED) is 0.0292. The average molecular weight is 721 g/mol. The number of phosphoric acid groups is 1. The third kappa shape index (κ3) is 38.3. The van der Waals surface area contributed by atoms with E-state index >= 15 is 0 Å². The van der Waals surface area contributed by atoms with Crippen molar-refractivity contribution in [2.24, 2.45) is 0 Å². The number of phosphoric ester groups is 1. The second kappa shape index (κ2) is 36.3. The lowest BCUT2D eigenvalue weighted by Gasteiger charge is -2.18. The number of allylic oxidation sites excluding steroid dienone is 12. The van der Waals surface area contributed by atoms with E-state index in [1.165, 1.54) is 44.9 Å². The third-order valence-corrected chi connectivity index (χ3v) is 8.16. The summed E-state index contributed by atoms with van der Waals surface area (Å²) in [5, 5.41) is 0. The van der Waals surface area contributed by atoms with E-state index in [9.17, 15) is 14.2 Å². The average Bonchev–Trinajstić information content (AvgIpc) is 3.08. The molecule has 9 heteroatoms. The van der Waals surface area contributed by atoms with Gasteiger partial charge in [-0.1, -0.05) is 132 Å². The fourth-order valence-electron chi connectivity index (χ4n) is 4.80. The number of esters is 2. The molecule has 0 aromatic heterocycles. The summed E-state index contributed by atoms with van der Waals surface area (Å²) in [5.41, 5.74) is 0. The lowest BCUT2D eigenvalue weighted by atomic mass is 10.1. The molecule has 0 saturated carbocycles. The van der Waals surface area contributed by atoms with Crippen LogP contribution in [0.2, 0.25) is 0 Å². The molecule has 0 aromatic rings.